The number of benzene rings is 1. The van der Waals surface area contributed by atoms with Crippen LogP contribution in [0.25, 0.3) is 0 Å². The van der Waals surface area contributed by atoms with Crippen molar-refractivity contribution in [2.75, 3.05) is 50.5 Å². The molecule has 2 aromatic rings. The molecular formula is C20H27N5O3. The first-order valence-electron chi connectivity index (χ1n) is 9.40. The third kappa shape index (κ3) is 4.17. The van der Waals surface area contributed by atoms with Gasteiger partial charge in [-0.3, -0.25) is 14.5 Å². The minimum absolute atomic E-state index is 0.00988. The molecule has 1 aliphatic rings. The van der Waals surface area contributed by atoms with Crippen molar-refractivity contribution in [2.45, 2.75) is 20.4 Å². The Labute approximate surface area is 164 Å². The standard InChI is InChI=1S/C20H27N5O3/c1-14-18(15(2)26)19(21)20(27)25(22-14)13-10-23-8-11-24(12-9-23)16-4-6-17(28-3)7-5-16/h4-7H,8-13,21H2,1-3H3. The van der Waals surface area contributed by atoms with Crippen LogP contribution in [0.15, 0.2) is 29.1 Å². The van der Waals surface area contributed by atoms with Gasteiger partial charge in [-0.05, 0) is 38.1 Å². The number of anilines is 2. The number of nitrogens with zero attached hydrogens (tertiary/aromatic N) is 4. The summed E-state index contributed by atoms with van der Waals surface area (Å²) in [5.41, 5.74) is 7.38. The first kappa shape index (κ1) is 19.9. The van der Waals surface area contributed by atoms with Gasteiger partial charge in [0.1, 0.15) is 11.4 Å². The quantitative estimate of drug-likeness (QED) is 0.746. The van der Waals surface area contributed by atoms with E-state index in [9.17, 15) is 9.59 Å². The molecule has 1 aromatic heterocycles. The number of hydrogen-bond acceptors (Lipinski definition) is 7. The van der Waals surface area contributed by atoms with E-state index in [0.717, 1.165) is 31.9 Å². The minimum atomic E-state index is -0.396. The van der Waals surface area contributed by atoms with Gasteiger partial charge in [-0.25, -0.2) is 4.68 Å². The lowest BCUT2D eigenvalue weighted by molar-refractivity contribution is 0.101. The van der Waals surface area contributed by atoms with Crippen LogP contribution in [0.4, 0.5) is 11.4 Å². The van der Waals surface area contributed by atoms with Crippen LogP contribution in [0.2, 0.25) is 0 Å². The van der Waals surface area contributed by atoms with E-state index < -0.39 is 5.56 Å². The Hall–Kier alpha value is -2.87. The molecule has 0 radical (unpaired) electrons. The molecule has 0 bridgehead atoms. The highest BCUT2D eigenvalue weighted by atomic mass is 16.5. The van der Waals surface area contributed by atoms with Crippen LogP contribution < -0.4 is 20.9 Å². The zero-order valence-electron chi connectivity index (χ0n) is 16.6. The van der Waals surface area contributed by atoms with Crippen LogP contribution in [0.1, 0.15) is 23.0 Å². The number of piperazine rings is 1. The Morgan fingerprint density at radius 2 is 1.79 bits per heavy atom. The number of aryl methyl sites for hydroxylation is 1. The summed E-state index contributed by atoms with van der Waals surface area (Å²) in [5, 5.41) is 4.27. The van der Waals surface area contributed by atoms with Crippen LogP contribution in [0.5, 0.6) is 5.75 Å². The molecule has 8 heteroatoms. The number of ether oxygens (including phenoxy) is 1. The highest BCUT2D eigenvalue weighted by Gasteiger charge is 2.19. The maximum absolute atomic E-state index is 12.4. The third-order valence-electron chi connectivity index (χ3n) is 5.16. The number of ketones is 1. The summed E-state index contributed by atoms with van der Waals surface area (Å²) in [7, 11) is 1.66. The number of carbonyl (C=O) groups excluding carboxylic acids is 1. The molecule has 0 atom stereocenters. The number of rotatable bonds is 6. The summed E-state index contributed by atoms with van der Waals surface area (Å²) in [5.74, 6) is 0.618. The summed E-state index contributed by atoms with van der Waals surface area (Å²) in [6.07, 6.45) is 0. The molecule has 150 valence electrons. The third-order valence-corrected chi connectivity index (χ3v) is 5.16. The van der Waals surface area contributed by atoms with Gasteiger partial charge >= 0.3 is 0 Å². The van der Waals surface area contributed by atoms with Gasteiger partial charge < -0.3 is 15.4 Å². The molecule has 1 aromatic carbocycles. The second-order valence-corrected chi connectivity index (χ2v) is 6.99. The van der Waals surface area contributed by atoms with Gasteiger partial charge in [0, 0.05) is 38.4 Å². The number of methoxy groups -OCH3 is 1. The molecule has 1 saturated heterocycles. The number of carbonyl (C=O) groups is 1. The van der Waals surface area contributed by atoms with Gasteiger partial charge in [0.15, 0.2) is 5.78 Å². The van der Waals surface area contributed by atoms with Gasteiger partial charge in [-0.2, -0.15) is 5.10 Å². The van der Waals surface area contributed by atoms with Crippen molar-refractivity contribution in [3.63, 3.8) is 0 Å². The maximum Gasteiger partial charge on any atom is 0.290 e. The number of nitrogen functional groups attached to an aromatic ring is 1. The van der Waals surface area contributed by atoms with E-state index >= 15 is 0 Å². The van der Waals surface area contributed by atoms with E-state index in [0.29, 0.717) is 18.8 Å². The Kier molecular flexibility index (Phi) is 5.99. The lowest BCUT2D eigenvalue weighted by Gasteiger charge is -2.36. The van der Waals surface area contributed by atoms with E-state index in [-0.39, 0.29) is 17.0 Å². The Bertz CT molecular complexity index is 899. The second kappa shape index (κ2) is 8.43. The number of nitrogens with two attached hydrogens (primary N) is 1. The van der Waals surface area contributed by atoms with Crippen molar-refractivity contribution in [3.8, 4) is 5.75 Å². The Balaban J connectivity index is 1.58. The molecule has 0 aliphatic carbocycles. The van der Waals surface area contributed by atoms with Gasteiger partial charge in [-0.15, -0.1) is 0 Å². The Morgan fingerprint density at radius 1 is 1.14 bits per heavy atom. The SMILES string of the molecule is COc1ccc(N2CCN(CCn3nc(C)c(C(C)=O)c(N)c3=O)CC2)cc1. The highest BCUT2D eigenvalue weighted by molar-refractivity contribution is 5.99. The fourth-order valence-electron chi connectivity index (χ4n) is 3.57. The van der Waals surface area contributed by atoms with Crippen LogP contribution in [0, 0.1) is 6.92 Å². The van der Waals surface area contributed by atoms with E-state index in [1.54, 1.807) is 14.0 Å². The lowest BCUT2D eigenvalue weighted by Crippen LogP contribution is -2.47. The fourth-order valence-corrected chi connectivity index (χ4v) is 3.57. The van der Waals surface area contributed by atoms with E-state index in [1.165, 1.54) is 17.3 Å². The highest BCUT2D eigenvalue weighted by Crippen LogP contribution is 2.20. The summed E-state index contributed by atoms with van der Waals surface area (Å²) in [6.45, 7) is 7.90. The van der Waals surface area contributed by atoms with Crippen LogP contribution >= 0.6 is 0 Å². The van der Waals surface area contributed by atoms with Crippen molar-refractivity contribution in [3.05, 3.63) is 45.9 Å². The molecule has 28 heavy (non-hydrogen) atoms. The van der Waals surface area contributed by atoms with Crippen molar-refractivity contribution in [1.29, 1.82) is 0 Å². The second-order valence-electron chi connectivity index (χ2n) is 6.99. The number of aromatic nitrogens is 2. The smallest absolute Gasteiger partial charge is 0.290 e. The molecule has 1 fully saturated rings. The molecule has 1 aliphatic heterocycles. The Morgan fingerprint density at radius 3 is 2.36 bits per heavy atom. The molecule has 2 heterocycles. The van der Waals surface area contributed by atoms with Gasteiger partial charge in [0.05, 0.1) is 24.9 Å². The summed E-state index contributed by atoms with van der Waals surface area (Å²) < 4.78 is 6.57. The molecule has 0 spiro atoms. The van der Waals surface area contributed by atoms with Crippen LogP contribution in [-0.4, -0.2) is 60.3 Å². The van der Waals surface area contributed by atoms with E-state index in [4.69, 9.17) is 10.5 Å². The zero-order chi connectivity index (χ0) is 20.3. The average Bonchev–Trinajstić information content (AvgIpc) is 2.70. The fraction of sp³-hybridized carbons (Fsp3) is 0.450. The first-order valence-corrected chi connectivity index (χ1v) is 9.40. The molecule has 0 saturated carbocycles. The van der Waals surface area contributed by atoms with Crippen molar-refractivity contribution < 1.29 is 9.53 Å². The van der Waals surface area contributed by atoms with Crippen LogP contribution in [-0.2, 0) is 6.54 Å². The summed E-state index contributed by atoms with van der Waals surface area (Å²) in [4.78, 5) is 28.7. The van der Waals surface area contributed by atoms with Crippen LogP contribution in [0.3, 0.4) is 0 Å². The first-order chi connectivity index (χ1) is 13.4. The molecule has 0 amide bonds. The molecular weight excluding hydrogens is 358 g/mol. The zero-order valence-corrected chi connectivity index (χ0v) is 16.6. The monoisotopic (exact) mass is 385 g/mol. The predicted octanol–water partition coefficient (Wildman–Crippen LogP) is 1.17. The summed E-state index contributed by atoms with van der Waals surface area (Å²) >= 11 is 0. The molecule has 0 unspecified atom stereocenters. The molecule has 8 nitrogen and oxygen atoms in total. The van der Waals surface area contributed by atoms with Crippen molar-refractivity contribution in [2.24, 2.45) is 0 Å². The maximum atomic E-state index is 12.4. The van der Waals surface area contributed by atoms with Crippen molar-refractivity contribution in [1.82, 2.24) is 14.7 Å². The summed E-state index contributed by atoms with van der Waals surface area (Å²) in [6, 6.07) is 8.08. The molecule has 2 N–H and O–H groups in total. The van der Waals surface area contributed by atoms with Gasteiger partial charge in [-0.1, -0.05) is 0 Å². The number of hydrogen-bond donors (Lipinski definition) is 1. The number of Topliss-reactive ketones (excluding diaryl/α,β-unsaturated/α-hetero) is 1. The van der Waals surface area contributed by atoms with Gasteiger partial charge in [0.25, 0.3) is 5.56 Å². The topological polar surface area (TPSA) is 93.7 Å². The van der Waals surface area contributed by atoms with Crippen molar-refractivity contribution >= 4 is 17.2 Å². The van der Waals surface area contributed by atoms with Gasteiger partial charge in [0.2, 0.25) is 0 Å². The largest absolute Gasteiger partial charge is 0.497 e. The van der Waals surface area contributed by atoms with E-state index in [2.05, 4.69) is 27.0 Å². The average molecular weight is 385 g/mol. The lowest BCUT2D eigenvalue weighted by atomic mass is 10.1. The minimum Gasteiger partial charge on any atom is -0.497 e. The predicted molar refractivity (Wildman–Crippen MR) is 109 cm³/mol. The normalized spacial score (nSPS) is 14.9. The van der Waals surface area contributed by atoms with E-state index in [1.807, 2.05) is 12.1 Å². The molecule has 3 rings (SSSR count).